The topological polar surface area (TPSA) is 21.3 Å². The zero-order chi connectivity index (χ0) is 13.0. The van der Waals surface area contributed by atoms with Gasteiger partial charge in [0.15, 0.2) is 0 Å². The first-order valence-electron chi connectivity index (χ1n) is 6.31. The Bertz CT molecular complexity index is 399. The summed E-state index contributed by atoms with van der Waals surface area (Å²) < 4.78 is 20.2. The molecule has 100 valence electrons. The van der Waals surface area contributed by atoms with E-state index in [-0.39, 0.29) is 11.2 Å². The van der Waals surface area contributed by atoms with E-state index in [4.69, 9.17) is 4.74 Å². The summed E-state index contributed by atoms with van der Waals surface area (Å²) in [4.78, 5) is 0. The number of hydrogen-bond acceptors (Lipinski definition) is 2. The van der Waals surface area contributed by atoms with Gasteiger partial charge in [-0.15, -0.1) is 0 Å². The molecule has 2 nitrogen and oxygen atoms in total. The number of benzene rings is 1. The molecule has 0 radical (unpaired) electrons. The molecule has 2 rings (SSSR count). The second kappa shape index (κ2) is 6.13. The van der Waals surface area contributed by atoms with Crippen molar-refractivity contribution in [3.8, 4) is 0 Å². The van der Waals surface area contributed by atoms with Crippen LogP contribution in [0, 0.1) is 11.2 Å². The Hall–Kier alpha value is -0.450. The van der Waals surface area contributed by atoms with Gasteiger partial charge in [0.25, 0.3) is 0 Å². The summed E-state index contributed by atoms with van der Waals surface area (Å²) in [6, 6.07) is 5.17. The number of hydrogen-bond donors (Lipinski definition) is 1. The van der Waals surface area contributed by atoms with Gasteiger partial charge in [0.1, 0.15) is 5.82 Å². The van der Waals surface area contributed by atoms with E-state index in [9.17, 15) is 4.39 Å². The molecule has 0 saturated carbocycles. The van der Waals surface area contributed by atoms with Gasteiger partial charge in [-0.25, -0.2) is 4.39 Å². The van der Waals surface area contributed by atoms with E-state index in [1.807, 2.05) is 13.1 Å². The van der Waals surface area contributed by atoms with Crippen molar-refractivity contribution in [2.24, 2.45) is 5.41 Å². The highest BCUT2D eigenvalue weighted by atomic mass is 79.9. The van der Waals surface area contributed by atoms with Crippen LogP contribution in [0.3, 0.4) is 0 Å². The maximum absolute atomic E-state index is 13.9. The van der Waals surface area contributed by atoms with Crippen LogP contribution in [0.1, 0.15) is 18.4 Å². The molecule has 1 N–H and O–H groups in total. The molecule has 1 fully saturated rings. The van der Waals surface area contributed by atoms with Crippen LogP contribution in [0.5, 0.6) is 0 Å². The predicted octanol–water partition coefficient (Wildman–Crippen LogP) is 3.15. The summed E-state index contributed by atoms with van der Waals surface area (Å²) in [6.45, 7) is 2.46. The second-order valence-electron chi connectivity index (χ2n) is 5.06. The van der Waals surface area contributed by atoms with Crippen LogP contribution >= 0.6 is 15.9 Å². The summed E-state index contributed by atoms with van der Waals surface area (Å²) in [5, 5.41) is 3.24. The maximum Gasteiger partial charge on any atom is 0.126 e. The summed E-state index contributed by atoms with van der Waals surface area (Å²) in [5.41, 5.74) is 0.913. The SMILES string of the molecule is CNCC1(Cc2cc(Br)ccc2F)CCOCC1. The van der Waals surface area contributed by atoms with Crippen LogP contribution in [0.25, 0.3) is 0 Å². The summed E-state index contributed by atoms with van der Waals surface area (Å²) in [5.74, 6) is -0.111. The average molecular weight is 316 g/mol. The highest BCUT2D eigenvalue weighted by Crippen LogP contribution is 2.35. The average Bonchev–Trinajstić information content (AvgIpc) is 2.35. The van der Waals surface area contributed by atoms with Gasteiger partial charge in [-0.2, -0.15) is 0 Å². The zero-order valence-electron chi connectivity index (χ0n) is 10.6. The van der Waals surface area contributed by atoms with E-state index < -0.39 is 0 Å². The summed E-state index contributed by atoms with van der Waals surface area (Å²) in [6.07, 6.45) is 2.74. The summed E-state index contributed by atoms with van der Waals surface area (Å²) in [7, 11) is 1.95. The third-order valence-corrected chi connectivity index (χ3v) is 4.17. The molecule has 1 aliphatic heterocycles. The molecule has 0 aliphatic carbocycles. The third kappa shape index (κ3) is 3.31. The van der Waals surface area contributed by atoms with Crippen molar-refractivity contribution in [1.82, 2.24) is 5.32 Å². The molecule has 0 amide bonds. The third-order valence-electron chi connectivity index (χ3n) is 3.68. The van der Waals surface area contributed by atoms with Crippen LogP contribution in [0.4, 0.5) is 4.39 Å². The molecule has 0 atom stereocenters. The molecular formula is C14H19BrFNO. The Morgan fingerprint density at radius 2 is 2.11 bits per heavy atom. The van der Waals surface area contributed by atoms with Crippen molar-refractivity contribution in [2.75, 3.05) is 26.8 Å². The first-order chi connectivity index (χ1) is 8.65. The molecule has 4 heteroatoms. The molecule has 0 bridgehead atoms. The second-order valence-corrected chi connectivity index (χ2v) is 5.97. The minimum Gasteiger partial charge on any atom is -0.381 e. The minimum absolute atomic E-state index is 0.111. The van der Waals surface area contributed by atoms with Gasteiger partial charge >= 0.3 is 0 Å². The van der Waals surface area contributed by atoms with E-state index in [1.54, 1.807) is 6.07 Å². The Morgan fingerprint density at radius 1 is 1.39 bits per heavy atom. The zero-order valence-corrected chi connectivity index (χ0v) is 12.2. The lowest BCUT2D eigenvalue weighted by Gasteiger charge is -2.37. The lowest BCUT2D eigenvalue weighted by Crippen LogP contribution is -2.40. The smallest absolute Gasteiger partial charge is 0.126 e. The van der Waals surface area contributed by atoms with Crippen LogP contribution in [0.2, 0.25) is 0 Å². The van der Waals surface area contributed by atoms with E-state index in [1.165, 1.54) is 6.07 Å². The first-order valence-corrected chi connectivity index (χ1v) is 7.11. The van der Waals surface area contributed by atoms with Crippen molar-refractivity contribution in [3.05, 3.63) is 34.1 Å². The number of nitrogens with one attached hydrogen (secondary N) is 1. The van der Waals surface area contributed by atoms with Gasteiger partial charge in [-0.1, -0.05) is 15.9 Å². The number of rotatable bonds is 4. The Labute approximate surface area is 116 Å². The fourth-order valence-corrected chi connectivity index (χ4v) is 3.09. The largest absolute Gasteiger partial charge is 0.381 e. The molecule has 0 unspecified atom stereocenters. The van der Waals surface area contributed by atoms with Gasteiger partial charge in [0, 0.05) is 24.2 Å². The van der Waals surface area contributed by atoms with Crippen molar-refractivity contribution in [1.29, 1.82) is 0 Å². The Balaban J connectivity index is 2.19. The van der Waals surface area contributed by atoms with Gasteiger partial charge in [0.2, 0.25) is 0 Å². The van der Waals surface area contributed by atoms with E-state index in [0.717, 1.165) is 49.1 Å². The monoisotopic (exact) mass is 315 g/mol. The van der Waals surface area contributed by atoms with Gasteiger partial charge < -0.3 is 10.1 Å². The van der Waals surface area contributed by atoms with Gasteiger partial charge in [0.05, 0.1) is 0 Å². The van der Waals surface area contributed by atoms with E-state index in [2.05, 4.69) is 21.2 Å². The molecule has 0 spiro atoms. The van der Waals surface area contributed by atoms with Gasteiger partial charge in [-0.3, -0.25) is 0 Å². The van der Waals surface area contributed by atoms with Crippen LogP contribution in [-0.4, -0.2) is 26.8 Å². The van der Waals surface area contributed by atoms with Crippen LogP contribution < -0.4 is 5.32 Å². The highest BCUT2D eigenvalue weighted by molar-refractivity contribution is 9.10. The van der Waals surface area contributed by atoms with E-state index >= 15 is 0 Å². The quantitative estimate of drug-likeness (QED) is 0.921. The lowest BCUT2D eigenvalue weighted by atomic mass is 9.75. The van der Waals surface area contributed by atoms with E-state index in [0.29, 0.717) is 0 Å². The predicted molar refractivity (Wildman–Crippen MR) is 74.2 cm³/mol. The molecule has 1 heterocycles. The van der Waals surface area contributed by atoms with Crippen LogP contribution in [0.15, 0.2) is 22.7 Å². The Kier molecular flexibility index (Phi) is 4.76. The van der Waals surface area contributed by atoms with Crippen molar-refractivity contribution in [2.45, 2.75) is 19.3 Å². The fourth-order valence-electron chi connectivity index (χ4n) is 2.68. The standard InChI is InChI=1S/C14H19BrFNO/c1-17-10-14(4-6-18-7-5-14)9-11-8-12(15)2-3-13(11)16/h2-3,8,17H,4-7,9-10H2,1H3. The molecule has 18 heavy (non-hydrogen) atoms. The molecule has 1 aromatic rings. The molecule has 1 saturated heterocycles. The minimum atomic E-state index is -0.111. The van der Waals surface area contributed by atoms with Crippen molar-refractivity contribution in [3.63, 3.8) is 0 Å². The lowest BCUT2D eigenvalue weighted by molar-refractivity contribution is 0.0154. The summed E-state index contributed by atoms with van der Waals surface area (Å²) >= 11 is 3.41. The number of ether oxygens (including phenoxy) is 1. The van der Waals surface area contributed by atoms with Crippen molar-refractivity contribution < 1.29 is 9.13 Å². The van der Waals surface area contributed by atoms with Crippen molar-refractivity contribution >= 4 is 15.9 Å². The Morgan fingerprint density at radius 3 is 2.78 bits per heavy atom. The number of halogens is 2. The molecule has 1 aromatic carbocycles. The molecular weight excluding hydrogens is 297 g/mol. The normalized spacial score (nSPS) is 18.8. The maximum atomic E-state index is 13.9. The highest BCUT2D eigenvalue weighted by Gasteiger charge is 2.32. The van der Waals surface area contributed by atoms with Crippen LogP contribution in [-0.2, 0) is 11.2 Å². The fraction of sp³-hybridized carbons (Fsp3) is 0.571. The molecule has 0 aromatic heterocycles. The molecule has 1 aliphatic rings. The first kappa shape index (κ1) is 14.0. The van der Waals surface area contributed by atoms with Gasteiger partial charge in [-0.05, 0) is 55.5 Å².